The Hall–Kier alpha value is -3.36. The highest BCUT2D eigenvalue weighted by Crippen LogP contribution is 2.48. The topological polar surface area (TPSA) is 182 Å². The molecule has 0 amide bonds. The molecule has 6 atom stereocenters. The quantitative estimate of drug-likeness (QED) is 0.222. The van der Waals surface area contributed by atoms with Crippen LogP contribution >= 0.6 is 7.75 Å². The number of nitrogens with zero attached hydrogens (tertiary/aromatic N) is 4. The van der Waals surface area contributed by atoms with E-state index in [1.807, 2.05) is 0 Å². The number of imidazole rings is 1. The summed E-state index contributed by atoms with van der Waals surface area (Å²) in [5, 5.41) is 13.4. The molecule has 218 valence electrons. The normalized spacial score (nSPS) is 25.1. The Kier molecular flexibility index (Phi) is 8.61. The number of anilines is 1. The summed E-state index contributed by atoms with van der Waals surface area (Å²) in [5.41, 5.74) is 3.71. The number of nitrogens with two attached hydrogens (primary N) is 1. The summed E-state index contributed by atoms with van der Waals surface area (Å²) in [4.78, 5) is 24.6. The number of nitrogen functional groups attached to an aromatic ring is 1. The summed E-state index contributed by atoms with van der Waals surface area (Å²) in [6, 6.07) is 7.02. The highest BCUT2D eigenvalue weighted by atomic mass is 31.2. The van der Waals surface area contributed by atoms with Gasteiger partial charge in [-0.15, -0.1) is 0 Å². The number of esters is 1. The zero-order valence-electron chi connectivity index (χ0n) is 22.6. The molecular formula is C24H32FN6O8P. The maximum atomic E-state index is 15.9. The standard InChI is InChI=1S/C24H32FN6O8P/c1-13(2)37-21(33)14(3)30-40(34,39-15-9-7-6-8-10-15)36-11-16-18(32)24(4,25)22(38-16)31-12-27-17-19(31)28-23(26)29-20(17)35-5/h6-10,12-14,16,18,22,32H,11H2,1-5H3,(H,30,34)(H2,26,28,29)/t14?,16-,18?,22+,24+,40?/m0/s1. The average molecular weight is 583 g/mol. The summed E-state index contributed by atoms with van der Waals surface area (Å²) >= 11 is 0. The molecule has 1 aromatic carbocycles. The van der Waals surface area contributed by atoms with Gasteiger partial charge in [-0.1, -0.05) is 18.2 Å². The first-order valence-corrected chi connectivity index (χ1v) is 13.9. The van der Waals surface area contributed by atoms with Crippen LogP contribution in [0.1, 0.15) is 33.9 Å². The van der Waals surface area contributed by atoms with Crippen molar-refractivity contribution in [2.45, 2.75) is 63.9 Å². The number of halogens is 1. The predicted molar refractivity (Wildman–Crippen MR) is 140 cm³/mol. The Balaban J connectivity index is 1.56. The molecule has 0 spiro atoms. The fourth-order valence-corrected chi connectivity index (χ4v) is 5.58. The molecule has 1 fully saturated rings. The van der Waals surface area contributed by atoms with Gasteiger partial charge >= 0.3 is 13.7 Å². The van der Waals surface area contributed by atoms with E-state index >= 15 is 4.39 Å². The first-order valence-electron chi connectivity index (χ1n) is 12.4. The second-order valence-corrected chi connectivity index (χ2v) is 11.3. The van der Waals surface area contributed by atoms with Crippen molar-refractivity contribution in [2.75, 3.05) is 19.5 Å². The maximum Gasteiger partial charge on any atom is 0.459 e. The Bertz CT molecular complexity index is 1390. The van der Waals surface area contributed by atoms with Gasteiger partial charge in [-0.2, -0.15) is 15.1 Å². The number of rotatable bonds is 11. The van der Waals surface area contributed by atoms with Gasteiger partial charge in [-0.3, -0.25) is 13.9 Å². The number of carbonyl (C=O) groups is 1. The van der Waals surface area contributed by atoms with Gasteiger partial charge in [-0.25, -0.2) is 13.9 Å². The predicted octanol–water partition coefficient (Wildman–Crippen LogP) is 2.54. The minimum absolute atomic E-state index is 0.0791. The molecule has 0 bridgehead atoms. The zero-order chi connectivity index (χ0) is 29.2. The van der Waals surface area contributed by atoms with Crippen molar-refractivity contribution in [3.63, 3.8) is 0 Å². The highest BCUT2D eigenvalue weighted by molar-refractivity contribution is 7.52. The van der Waals surface area contributed by atoms with Crippen molar-refractivity contribution in [1.29, 1.82) is 0 Å². The average Bonchev–Trinajstić information content (AvgIpc) is 3.40. The number of hydrogen-bond donors (Lipinski definition) is 3. The lowest BCUT2D eigenvalue weighted by molar-refractivity contribution is -0.149. The fraction of sp³-hybridized carbons (Fsp3) is 0.500. The molecule has 4 N–H and O–H groups in total. The highest BCUT2D eigenvalue weighted by Gasteiger charge is 2.56. The molecular weight excluding hydrogens is 550 g/mol. The molecule has 16 heteroatoms. The molecule has 0 aliphatic carbocycles. The van der Waals surface area contributed by atoms with Crippen LogP contribution < -0.4 is 20.1 Å². The molecule has 40 heavy (non-hydrogen) atoms. The van der Waals surface area contributed by atoms with Gasteiger partial charge < -0.3 is 29.6 Å². The largest absolute Gasteiger partial charge is 0.479 e. The van der Waals surface area contributed by atoms with Crippen LogP contribution in [0.3, 0.4) is 0 Å². The number of methoxy groups -OCH3 is 1. The Morgan fingerprint density at radius 2 is 2.00 bits per heavy atom. The maximum absolute atomic E-state index is 15.9. The van der Waals surface area contributed by atoms with Crippen LogP contribution in [0.25, 0.3) is 11.2 Å². The number of benzene rings is 1. The number of para-hydroxylation sites is 1. The molecule has 1 saturated heterocycles. The third-order valence-electron chi connectivity index (χ3n) is 6.00. The van der Waals surface area contributed by atoms with Crippen molar-refractivity contribution < 1.29 is 42.1 Å². The molecule has 1 aliphatic rings. The first-order chi connectivity index (χ1) is 18.8. The van der Waals surface area contributed by atoms with Crippen molar-refractivity contribution in [1.82, 2.24) is 24.6 Å². The van der Waals surface area contributed by atoms with Gasteiger partial charge in [0.25, 0.3) is 0 Å². The van der Waals surface area contributed by atoms with E-state index in [0.29, 0.717) is 0 Å². The van der Waals surface area contributed by atoms with Crippen molar-refractivity contribution >= 4 is 30.8 Å². The van der Waals surface area contributed by atoms with E-state index < -0.39 is 56.6 Å². The Labute approximate surface area is 229 Å². The summed E-state index contributed by atoms with van der Waals surface area (Å²) < 4.78 is 58.3. The molecule has 3 unspecified atom stereocenters. The minimum Gasteiger partial charge on any atom is -0.479 e. The second-order valence-electron chi connectivity index (χ2n) is 9.57. The van der Waals surface area contributed by atoms with Gasteiger partial charge in [0.2, 0.25) is 11.8 Å². The number of alkyl halides is 1. The third-order valence-corrected chi connectivity index (χ3v) is 7.65. The SMILES string of the molecule is COc1nc(N)nc2c1ncn2[C@@H]1O[C@@H](COP(=O)(NC(C)C(=O)OC(C)C)Oc2ccccc2)C(O)[C@@]1(C)F. The number of aromatic nitrogens is 4. The van der Waals surface area contributed by atoms with Gasteiger partial charge in [0, 0.05) is 0 Å². The Morgan fingerprint density at radius 3 is 2.65 bits per heavy atom. The van der Waals surface area contributed by atoms with Crippen molar-refractivity contribution in [2.24, 2.45) is 0 Å². The lowest BCUT2D eigenvalue weighted by Gasteiger charge is -2.25. The van der Waals surface area contributed by atoms with E-state index in [-0.39, 0.29) is 28.7 Å². The summed E-state index contributed by atoms with van der Waals surface area (Å²) in [6.07, 6.45) is -3.63. The lowest BCUT2D eigenvalue weighted by atomic mass is 9.98. The number of carbonyl (C=O) groups excluding carboxylic acids is 1. The monoisotopic (exact) mass is 582 g/mol. The third kappa shape index (κ3) is 6.18. The van der Waals surface area contributed by atoms with Crippen LogP contribution in [0, 0.1) is 0 Å². The van der Waals surface area contributed by atoms with Crippen LogP contribution in [0.2, 0.25) is 0 Å². The van der Waals surface area contributed by atoms with Gasteiger partial charge in [-0.05, 0) is 39.8 Å². The number of aliphatic hydroxyl groups excluding tert-OH is 1. The Morgan fingerprint density at radius 1 is 1.30 bits per heavy atom. The molecule has 3 aromatic rings. The number of ether oxygens (including phenoxy) is 3. The molecule has 2 aromatic heterocycles. The summed E-state index contributed by atoms with van der Waals surface area (Å²) in [7, 11) is -2.92. The minimum atomic E-state index is -4.29. The van der Waals surface area contributed by atoms with E-state index in [4.69, 9.17) is 29.0 Å². The molecule has 3 heterocycles. The van der Waals surface area contributed by atoms with Gasteiger partial charge in [0.1, 0.15) is 24.0 Å². The number of fused-ring (bicyclic) bond motifs is 1. The summed E-state index contributed by atoms with van der Waals surface area (Å²) in [5.74, 6) is -0.566. The number of aliphatic hydroxyl groups is 1. The molecule has 4 rings (SSSR count). The second kappa shape index (κ2) is 11.6. The number of hydrogen-bond acceptors (Lipinski definition) is 12. The molecule has 1 aliphatic heterocycles. The summed E-state index contributed by atoms with van der Waals surface area (Å²) in [6.45, 7) is 5.33. The van der Waals surface area contributed by atoms with E-state index in [2.05, 4.69) is 20.0 Å². The first kappa shape index (κ1) is 29.6. The van der Waals surface area contributed by atoms with Gasteiger partial charge in [0.05, 0.1) is 26.1 Å². The molecule has 0 saturated carbocycles. The van der Waals surface area contributed by atoms with Gasteiger partial charge in [0.15, 0.2) is 23.1 Å². The van der Waals surface area contributed by atoms with Crippen LogP contribution in [0.15, 0.2) is 36.7 Å². The van der Waals surface area contributed by atoms with Crippen LogP contribution in [-0.4, -0.2) is 74.3 Å². The number of nitrogens with one attached hydrogen (secondary N) is 1. The van der Waals surface area contributed by atoms with E-state index in [1.54, 1.807) is 32.0 Å². The van der Waals surface area contributed by atoms with Crippen molar-refractivity contribution in [3.8, 4) is 11.6 Å². The lowest BCUT2D eigenvalue weighted by Crippen LogP contribution is -2.41. The molecule has 14 nitrogen and oxygen atoms in total. The van der Waals surface area contributed by atoms with Crippen LogP contribution in [0.4, 0.5) is 10.3 Å². The smallest absolute Gasteiger partial charge is 0.459 e. The van der Waals surface area contributed by atoms with Crippen molar-refractivity contribution in [3.05, 3.63) is 36.7 Å². The zero-order valence-corrected chi connectivity index (χ0v) is 23.4. The fourth-order valence-electron chi connectivity index (χ4n) is 4.08. The molecule has 0 radical (unpaired) electrons. The van der Waals surface area contributed by atoms with Crippen LogP contribution in [0.5, 0.6) is 11.6 Å². The van der Waals surface area contributed by atoms with E-state index in [9.17, 15) is 14.5 Å². The van der Waals surface area contributed by atoms with E-state index in [0.717, 1.165) is 6.92 Å². The van der Waals surface area contributed by atoms with E-state index in [1.165, 1.54) is 37.1 Å². The van der Waals surface area contributed by atoms with Crippen LogP contribution in [-0.2, 0) is 23.4 Å².